The predicted octanol–water partition coefficient (Wildman–Crippen LogP) is 2.28. The highest BCUT2D eigenvalue weighted by atomic mass is 16.5. The lowest BCUT2D eigenvalue weighted by atomic mass is 10.1. The fourth-order valence-electron chi connectivity index (χ4n) is 1.66. The van der Waals surface area contributed by atoms with E-state index in [0.29, 0.717) is 17.9 Å². The van der Waals surface area contributed by atoms with Crippen LogP contribution in [0.2, 0.25) is 0 Å². The molecule has 0 saturated carbocycles. The molecule has 0 radical (unpaired) electrons. The lowest BCUT2D eigenvalue weighted by Crippen LogP contribution is -2.09. The van der Waals surface area contributed by atoms with Gasteiger partial charge in [-0.05, 0) is 38.0 Å². The number of ether oxygens (including phenoxy) is 2. The molecule has 0 atom stereocenters. The molecule has 3 N–H and O–H groups in total. The Labute approximate surface area is 114 Å². The highest BCUT2D eigenvalue weighted by Gasteiger charge is 2.11. The second-order valence-corrected chi connectivity index (χ2v) is 4.15. The van der Waals surface area contributed by atoms with Gasteiger partial charge in [0, 0.05) is 31.6 Å². The summed E-state index contributed by atoms with van der Waals surface area (Å²) in [5.41, 5.74) is 7.48. The zero-order valence-electron chi connectivity index (χ0n) is 11.6. The van der Waals surface area contributed by atoms with E-state index in [1.807, 2.05) is 6.07 Å². The smallest absolute Gasteiger partial charge is 0.340 e. The molecule has 0 aliphatic rings. The zero-order chi connectivity index (χ0) is 14.1. The minimum Gasteiger partial charge on any atom is -0.462 e. The third kappa shape index (κ3) is 5.18. The molecule has 0 unspecified atom stereocenters. The second kappa shape index (κ2) is 8.37. The van der Waals surface area contributed by atoms with Crippen LogP contribution in [0.3, 0.4) is 0 Å². The largest absolute Gasteiger partial charge is 0.462 e. The zero-order valence-corrected chi connectivity index (χ0v) is 11.6. The maximum atomic E-state index is 11.7. The molecule has 0 fully saturated rings. The molecule has 5 nitrogen and oxygen atoms in total. The molecule has 0 spiro atoms. The number of esters is 1. The topological polar surface area (TPSA) is 73.6 Å². The van der Waals surface area contributed by atoms with Crippen LogP contribution >= 0.6 is 0 Å². The van der Waals surface area contributed by atoms with Crippen molar-refractivity contribution in [3.63, 3.8) is 0 Å². The maximum Gasteiger partial charge on any atom is 0.340 e. The number of carbonyl (C=O) groups is 1. The molecular weight excluding hydrogens is 244 g/mol. The fourth-order valence-corrected chi connectivity index (χ4v) is 1.66. The summed E-state index contributed by atoms with van der Waals surface area (Å²) in [5, 5.41) is 3.25. The number of anilines is 2. The first-order valence-electron chi connectivity index (χ1n) is 6.48. The number of hydrogen-bond donors (Lipinski definition) is 2. The van der Waals surface area contributed by atoms with Crippen LogP contribution in [0.25, 0.3) is 0 Å². The van der Waals surface area contributed by atoms with E-state index < -0.39 is 0 Å². The standard InChI is InChI=1S/C14H22N2O3/c1-3-19-14(17)12-10-11(6-7-13(12)15)16-8-4-5-9-18-2/h6-7,10,16H,3-5,8-9,15H2,1-2H3. The van der Waals surface area contributed by atoms with Crippen LogP contribution in [-0.4, -0.2) is 32.8 Å². The number of methoxy groups -OCH3 is 1. The van der Waals surface area contributed by atoms with E-state index in [4.69, 9.17) is 15.2 Å². The summed E-state index contributed by atoms with van der Waals surface area (Å²) in [6, 6.07) is 5.29. The van der Waals surface area contributed by atoms with E-state index in [-0.39, 0.29) is 5.97 Å². The molecule has 1 aromatic carbocycles. The molecular formula is C14H22N2O3. The molecule has 0 aliphatic heterocycles. The predicted molar refractivity (Wildman–Crippen MR) is 76.4 cm³/mol. The lowest BCUT2D eigenvalue weighted by molar-refractivity contribution is 0.0527. The van der Waals surface area contributed by atoms with Crippen molar-refractivity contribution in [1.29, 1.82) is 0 Å². The Morgan fingerprint density at radius 2 is 2.16 bits per heavy atom. The summed E-state index contributed by atoms with van der Waals surface area (Å²) in [7, 11) is 1.69. The summed E-state index contributed by atoms with van der Waals surface area (Å²) in [6.45, 7) is 3.70. The number of hydrogen-bond acceptors (Lipinski definition) is 5. The van der Waals surface area contributed by atoms with Gasteiger partial charge in [-0.25, -0.2) is 4.79 Å². The SMILES string of the molecule is CCOC(=O)c1cc(NCCCCOC)ccc1N. The van der Waals surface area contributed by atoms with Gasteiger partial charge in [0.05, 0.1) is 12.2 Å². The van der Waals surface area contributed by atoms with Crippen LogP contribution in [0.15, 0.2) is 18.2 Å². The van der Waals surface area contributed by atoms with Crippen molar-refractivity contribution < 1.29 is 14.3 Å². The van der Waals surface area contributed by atoms with Gasteiger partial charge in [-0.2, -0.15) is 0 Å². The Kier molecular flexibility index (Phi) is 6.74. The third-order valence-electron chi connectivity index (χ3n) is 2.65. The molecule has 0 bridgehead atoms. The van der Waals surface area contributed by atoms with Crippen LogP contribution in [0.1, 0.15) is 30.1 Å². The van der Waals surface area contributed by atoms with E-state index in [1.54, 1.807) is 26.2 Å². The number of nitrogens with two attached hydrogens (primary N) is 1. The quantitative estimate of drug-likeness (QED) is 0.429. The van der Waals surface area contributed by atoms with Crippen LogP contribution < -0.4 is 11.1 Å². The summed E-state index contributed by atoms with van der Waals surface area (Å²) < 4.78 is 9.94. The summed E-state index contributed by atoms with van der Waals surface area (Å²) in [4.78, 5) is 11.7. The first-order valence-corrected chi connectivity index (χ1v) is 6.48. The van der Waals surface area contributed by atoms with Gasteiger partial charge in [-0.1, -0.05) is 0 Å². The Morgan fingerprint density at radius 1 is 1.37 bits per heavy atom. The van der Waals surface area contributed by atoms with Crippen molar-refractivity contribution in [2.75, 3.05) is 37.9 Å². The summed E-state index contributed by atoms with van der Waals surface area (Å²) >= 11 is 0. The lowest BCUT2D eigenvalue weighted by Gasteiger charge is -2.10. The van der Waals surface area contributed by atoms with E-state index >= 15 is 0 Å². The number of unbranched alkanes of at least 4 members (excludes halogenated alkanes) is 1. The number of benzene rings is 1. The minimum absolute atomic E-state index is 0.340. The van der Waals surface area contributed by atoms with E-state index in [1.165, 1.54) is 0 Å². The average molecular weight is 266 g/mol. The molecule has 0 aromatic heterocycles. The Bertz CT molecular complexity index is 408. The number of nitrogens with one attached hydrogen (secondary N) is 1. The molecule has 0 heterocycles. The van der Waals surface area contributed by atoms with Crippen LogP contribution in [0, 0.1) is 0 Å². The highest BCUT2D eigenvalue weighted by Crippen LogP contribution is 2.19. The Balaban J connectivity index is 2.55. The van der Waals surface area contributed by atoms with Gasteiger partial charge in [0.1, 0.15) is 0 Å². The second-order valence-electron chi connectivity index (χ2n) is 4.15. The summed E-state index contributed by atoms with van der Waals surface area (Å²) in [6.07, 6.45) is 2.01. The normalized spacial score (nSPS) is 10.2. The maximum absolute atomic E-state index is 11.7. The van der Waals surface area contributed by atoms with Gasteiger partial charge in [-0.3, -0.25) is 0 Å². The van der Waals surface area contributed by atoms with Crippen molar-refractivity contribution in [1.82, 2.24) is 0 Å². The highest BCUT2D eigenvalue weighted by molar-refractivity contribution is 5.96. The molecule has 0 aliphatic carbocycles. The molecule has 19 heavy (non-hydrogen) atoms. The van der Waals surface area contributed by atoms with Gasteiger partial charge < -0.3 is 20.5 Å². The molecule has 1 rings (SSSR count). The number of rotatable bonds is 8. The van der Waals surface area contributed by atoms with Crippen molar-refractivity contribution in [3.8, 4) is 0 Å². The number of nitrogen functional groups attached to an aromatic ring is 1. The monoisotopic (exact) mass is 266 g/mol. The van der Waals surface area contributed by atoms with Gasteiger partial charge in [0.25, 0.3) is 0 Å². The third-order valence-corrected chi connectivity index (χ3v) is 2.65. The average Bonchev–Trinajstić information content (AvgIpc) is 2.40. The first kappa shape index (κ1) is 15.3. The molecule has 1 aromatic rings. The van der Waals surface area contributed by atoms with Crippen molar-refractivity contribution >= 4 is 17.3 Å². The van der Waals surface area contributed by atoms with Crippen LogP contribution in [0.5, 0.6) is 0 Å². The Morgan fingerprint density at radius 3 is 2.84 bits per heavy atom. The first-order chi connectivity index (χ1) is 9.19. The van der Waals surface area contributed by atoms with E-state index in [9.17, 15) is 4.79 Å². The van der Waals surface area contributed by atoms with Crippen molar-refractivity contribution in [3.05, 3.63) is 23.8 Å². The molecule has 0 saturated heterocycles. The minimum atomic E-state index is -0.386. The van der Waals surface area contributed by atoms with Crippen molar-refractivity contribution in [2.24, 2.45) is 0 Å². The van der Waals surface area contributed by atoms with Gasteiger partial charge in [-0.15, -0.1) is 0 Å². The Hall–Kier alpha value is -1.75. The van der Waals surface area contributed by atoms with E-state index in [2.05, 4.69) is 5.32 Å². The van der Waals surface area contributed by atoms with Crippen molar-refractivity contribution in [2.45, 2.75) is 19.8 Å². The molecule has 106 valence electrons. The van der Waals surface area contributed by atoms with Gasteiger partial charge in [0.15, 0.2) is 0 Å². The van der Waals surface area contributed by atoms with Gasteiger partial charge >= 0.3 is 5.97 Å². The van der Waals surface area contributed by atoms with E-state index in [0.717, 1.165) is 31.7 Å². The molecule has 0 amide bonds. The fraction of sp³-hybridized carbons (Fsp3) is 0.500. The van der Waals surface area contributed by atoms with Crippen LogP contribution in [-0.2, 0) is 9.47 Å². The molecule has 5 heteroatoms. The summed E-state index contributed by atoms with van der Waals surface area (Å²) in [5.74, 6) is -0.386. The number of carbonyl (C=O) groups excluding carboxylic acids is 1. The van der Waals surface area contributed by atoms with Gasteiger partial charge in [0.2, 0.25) is 0 Å². The van der Waals surface area contributed by atoms with Crippen LogP contribution in [0.4, 0.5) is 11.4 Å².